The van der Waals surface area contributed by atoms with Gasteiger partial charge in [0.2, 0.25) is 5.91 Å². The number of nitrogens with one attached hydrogen (secondary N) is 1. The van der Waals surface area contributed by atoms with Crippen LogP contribution in [0.25, 0.3) is 0 Å². The van der Waals surface area contributed by atoms with Gasteiger partial charge in [0.25, 0.3) is 0 Å². The van der Waals surface area contributed by atoms with Crippen molar-refractivity contribution in [2.75, 3.05) is 27.2 Å². The lowest BCUT2D eigenvalue weighted by atomic mass is 10.2. The highest BCUT2D eigenvalue weighted by Crippen LogP contribution is 2.23. The molecule has 20 heavy (non-hydrogen) atoms. The summed E-state index contributed by atoms with van der Waals surface area (Å²) in [4.78, 5) is 13.6. The molecule has 2 N–H and O–H groups in total. The standard InChI is InChI=1S/C15H24N2O3/c1-11(2)8-16-15(19)10-17(3)9-12-7-13(20-4)5-6-14(12)18/h5-7,11,18H,8-10H2,1-4H3,(H,16,19). The number of rotatable bonds is 7. The SMILES string of the molecule is COc1ccc(O)c(CN(C)CC(=O)NCC(C)C)c1. The van der Waals surface area contributed by atoms with Crippen molar-refractivity contribution in [2.45, 2.75) is 20.4 Å². The van der Waals surface area contributed by atoms with E-state index in [1.54, 1.807) is 25.3 Å². The van der Waals surface area contributed by atoms with Gasteiger partial charge in [-0.1, -0.05) is 13.8 Å². The summed E-state index contributed by atoms with van der Waals surface area (Å²) in [5, 5.41) is 12.7. The first-order valence-corrected chi connectivity index (χ1v) is 6.73. The van der Waals surface area contributed by atoms with Crippen LogP contribution in [0.4, 0.5) is 0 Å². The van der Waals surface area contributed by atoms with Crippen LogP contribution < -0.4 is 10.1 Å². The number of hydrogen-bond acceptors (Lipinski definition) is 4. The van der Waals surface area contributed by atoms with Gasteiger partial charge in [-0.25, -0.2) is 0 Å². The highest BCUT2D eigenvalue weighted by Gasteiger charge is 2.10. The second-order valence-electron chi connectivity index (χ2n) is 5.36. The Hall–Kier alpha value is -1.75. The third-order valence-corrected chi connectivity index (χ3v) is 2.85. The summed E-state index contributed by atoms with van der Waals surface area (Å²) in [5.41, 5.74) is 0.739. The van der Waals surface area contributed by atoms with E-state index in [0.29, 0.717) is 31.3 Å². The Bertz CT molecular complexity index is 447. The van der Waals surface area contributed by atoms with E-state index in [9.17, 15) is 9.90 Å². The van der Waals surface area contributed by atoms with Crippen LogP contribution in [0.3, 0.4) is 0 Å². The van der Waals surface area contributed by atoms with Crippen molar-refractivity contribution < 1.29 is 14.6 Å². The van der Waals surface area contributed by atoms with Crippen LogP contribution >= 0.6 is 0 Å². The number of phenolic OH excluding ortho intramolecular Hbond substituents is 1. The first kappa shape index (κ1) is 16.3. The molecule has 0 spiro atoms. The number of amides is 1. The highest BCUT2D eigenvalue weighted by molar-refractivity contribution is 5.77. The van der Waals surface area contributed by atoms with Gasteiger partial charge in [0, 0.05) is 18.7 Å². The van der Waals surface area contributed by atoms with Crippen molar-refractivity contribution in [1.82, 2.24) is 10.2 Å². The maximum atomic E-state index is 11.7. The van der Waals surface area contributed by atoms with E-state index in [-0.39, 0.29) is 11.7 Å². The molecule has 1 rings (SSSR count). The van der Waals surface area contributed by atoms with Gasteiger partial charge in [0.1, 0.15) is 11.5 Å². The van der Waals surface area contributed by atoms with Crippen molar-refractivity contribution in [2.24, 2.45) is 5.92 Å². The van der Waals surface area contributed by atoms with Crippen molar-refractivity contribution in [3.63, 3.8) is 0 Å². The Morgan fingerprint density at radius 3 is 2.75 bits per heavy atom. The largest absolute Gasteiger partial charge is 0.508 e. The second kappa shape index (κ2) is 7.75. The molecule has 0 aliphatic carbocycles. The summed E-state index contributed by atoms with van der Waals surface area (Å²) in [6, 6.07) is 5.08. The number of aromatic hydroxyl groups is 1. The van der Waals surface area contributed by atoms with E-state index >= 15 is 0 Å². The van der Waals surface area contributed by atoms with Crippen molar-refractivity contribution >= 4 is 5.91 Å². The molecule has 0 aliphatic heterocycles. The summed E-state index contributed by atoms with van der Waals surface area (Å²) >= 11 is 0. The molecule has 1 aromatic rings. The number of benzene rings is 1. The van der Waals surface area contributed by atoms with Crippen molar-refractivity contribution in [3.05, 3.63) is 23.8 Å². The lowest BCUT2D eigenvalue weighted by molar-refractivity contribution is -0.122. The number of carbonyl (C=O) groups is 1. The smallest absolute Gasteiger partial charge is 0.234 e. The Kier molecular flexibility index (Phi) is 6.31. The zero-order valence-electron chi connectivity index (χ0n) is 12.6. The first-order valence-electron chi connectivity index (χ1n) is 6.73. The first-order chi connectivity index (χ1) is 9.42. The Balaban J connectivity index is 2.53. The number of likely N-dealkylation sites (N-methyl/N-ethyl adjacent to an activating group) is 1. The summed E-state index contributed by atoms with van der Waals surface area (Å²) in [5.74, 6) is 1.32. The van der Waals surface area contributed by atoms with Gasteiger partial charge in [0.05, 0.1) is 13.7 Å². The summed E-state index contributed by atoms with van der Waals surface area (Å²) in [6.45, 7) is 5.56. The van der Waals surface area contributed by atoms with Crippen LogP contribution in [0, 0.1) is 5.92 Å². The van der Waals surface area contributed by atoms with Crippen LogP contribution in [0.5, 0.6) is 11.5 Å². The molecule has 0 heterocycles. The van der Waals surface area contributed by atoms with Gasteiger partial charge >= 0.3 is 0 Å². The molecular formula is C15H24N2O3. The maximum absolute atomic E-state index is 11.7. The van der Waals surface area contributed by atoms with Gasteiger partial charge in [-0.15, -0.1) is 0 Å². The van der Waals surface area contributed by atoms with E-state index in [1.807, 2.05) is 11.9 Å². The van der Waals surface area contributed by atoms with Gasteiger partial charge in [0.15, 0.2) is 0 Å². The van der Waals surface area contributed by atoms with Gasteiger partial charge in [-0.3, -0.25) is 9.69 Å². The zero-order chi connectivity index (χ0) is 15.1. The molecule has 0 bridgehead atoms. The van der Waals surface area contributed by atoms with Gasteiger partial charge in [-0.05, 0) is 31.2 Å². The van der Waals surface area contributed by atoms with Crippen LogP contribution in [0.2, 0.25) is 0 Å². The molecule has 0 unspecified atom stereocenters. The quantitative estimate of drug-likeness (QED) is 0.796. The molecule has 0 aromatic heterocycles. The van der Waals surface area contributed by atoms with Crippen LogP contribution in [0.1, 0.15) is 19.4 Å². The Morgan fingerprint density at radius 1 is 1.45 bits per heavy atom. The predicted molar refractivity (Wildman–Crippen MR) is 78.8 cm³/mol. The van der Waals surface area contributed by atoms with E-state index in [0.717, 1.165) is 5.56 Å². The van der Waals surface area contributed by atoms with Crippen molar-refractivity contribution in [1.29, 1.82) is 0 Å². The van der Waals surface area contributed by atoms with Crippen molar-refractivity contribution in [3.8, 4) is 11.5 Å². The minimum Gasteiger partial charge on any atom is -0.508 e. The molecule has 1 aromatic carbocycles. The summed E-state index contributed by atoms with van der Waals surface area (Å²) in [7, 11) is 3.42. The fraction of sp³-hybridized carbons (Fsp3) is 0.533. The number of methoxy groups -OCH3 is 1. The average molecular weight is 280 g/mol. The van der Waals surface area contributed by atoms with Crippen LogP contribution in [0.15, 0.2) is 18.2 Å². The number of ether oxygens (including phenoxy) is 1. The van der Waals surface area contributed by atoms with Gasteiger partial charge in [-0.2, -0.15) is 0 Å². The lowest BCUT2D eigenvalue weighted by Gasteiger charge is -2.18. The molecule has 0 saturated carbocycles. The zero-order valence-corrected chi connectivity index (χ0v) is 12.6. The minimum absolute atomic E-state index is 0.0106. The molecule has 0 radical (unpaired) electrons. The predicted octanol–water partition coefficient (Wildman–Crippen LogP) is 1.60. The molecule has 5 heteroatoms. The van der Waals surface area contributed by atoms with E-state index < -0.39 is 0 Å². The van der Waals surface area contributed by atoms with E-state index in [2.05, 4.69) is 19.2 Å². The van der Waals surface area contributed by atoms with Crippen LogP contribution in [-0.2, 0) is 11.3 Å². The fourth-order valence-corrected chi connectivity index (χ4v) is 1.78. The van der Waals surface area contributed by atoms with E-state index in [4.69, 9.17) is 4.74 Å². The molecule has 1 amide bonds. The third kappa shape index (κ3) is 5.48. The Labute approximate surface area is 120 Å². The maximum Gasteiger partial charge on any atom is 0.234 e. The van der Waals surface area contributed by atoms with Gasteiger partial charge < -0.3 is 15.2 Å². The van der Waals surface area contributed by atoms with Crippen LogP contribution in [-0.4, -0.2) is 43.2 Å². The normalized spacial score (nSPS) is 10.9. The monoisotopic (exact) mass is 280 g/mol. The summed E-state index contributed by atoms with van der Waals surface area (Å²) < 4.78 is 5.13. The lowest BCUT2D eigenvalue weighted by Crippen LogP contribution is -2.36. The number of carbonyl (C=O) groups excluding carboxylic acids is 1. The number of phenols is 1. The molecule has 0 aliphatic rings. The molecule has 5 nitrogen and oxygen atoms in total. The molecule has 0 saturated heterocycles. The third-order valence-electron chi connectivity index (χ3n) is 2.85. The molecular weight excluding hydrogens is 256 g/mol. The molecule has 112 valence electrons. The highest BCUT2D eigenvalue weighted by atomic mass is 16.5. The summed E-state index contributed by atoms with van der Waals surface area (Å²) in [6.07, 6.45) is 0. The topological polar surface area (TPSA) is 61.8 Å². The Morgan fingerprint density at radius 2 is 2.15 bits per heavy atom. The van der Waals surface area contributed by atoms with E-state index in [1.165, 1.54) is 0 Å². The molecule has 0 fully saturated rings. The number of nitrogens with zero attached hydrogens (tertiary/aromatic N) is 1. The minimum atomic E-state index is -0.0106. The second-order valence-corrected chi connectivity index (χ2v) is 5.36. The fourth-order valence-electron chi connectivity index (χ4n) is 1.78. The molecule has 0 atom stereocenters. The number of hydrogen-bond donors (Lipinski definition) is 2. The average Bonchev–Trinajstić information content (AvgIpc) is 2.39.